The van der Waals surface area contributed by atoms with Gasteiger partial charge in [0, 0.05) is 5.92 Å². The number of aromatic amines is 1. The van der Waals surface area contributed by atoms with Crippen LogP contribution in [0.3, 0.4) is 0 Å². The molecular weight excluding hydrogens is 262 g/mol. The van der Waals surface area contributed by atoms with Crippen LogP contribution in [0.25, 0.3) is 0 Å². The van der Waals surface area contributed by atoms with Crippen molar-refractivity contribution >= 4 is 0 Å². The fraction of sp³-hybridized carbons (Fsp3) is 0.412. The number of nitriles is 1. The van der Waals surface area contributed by atoms with Crippen molar-refractivity contribution < 1.29 is 4.74 Å². The maximum absolute atomic E-state index is 9.14. The number of aromatic nitrogens is 2. The summed E-state index contributed by atoms with van der Waals surface area (Å²) in [4.78, 5) is 0. The number of rotatable bonds is 3. The van der Waals surface area contributed by atoms with Crippen molar-refractivity contribution in [1.82, 2.24) is 10.2 Å². The van der Waals surface area contributed by atoms with Crippen LogP contribution in [0.15, 0.2) is 12.1 Å². The molecule has 1 aliphatic carbocycles. The van der Waals surface area contributed by atoms with E-state index in [9.17, 15) is 0 Å². The minimum atomic E-state index is 0.543. The highest BCUT2D eigenvalue weighted by atomic mass is 16.5. The summed E-state index contributed by atoms with van der Waals surface area (Å²) >= 11 is 0. The summed E-state index contributed by atoms with van der Waals surface area (Å²) in [5, 5.41) is 16.6. The second-order valence-electron chi connectivity index (χ2n) is 5.83. The highest BCUT2D eigenvalue weighted by Gasteiger charge is 2.26. The van der Waals surface area contributed by atoms with E-state index in [2.05, 4.69) is 16.3 Å². The molecule has 21 heavy (non-hydrogen) atoms. The molecule has 0 bridgehead atoms. The van der Waals surface area contributed by atoms with E-state index in [-0.39, 0.29) is 0 Å². The normalized spacial score (nSPS) is 14.6. The van der Waals surface area contributed by atoms with Crippen molar-refractivity contribution in [3.63, 3.8) is 0 Å². The zero-order valence-electron chi connectivity index (χ0n) is 12.7. The Morgan fingerprint density at radius 3 is 2.43 bits per heavy atom. The fourth-order valence-corrected chi connectivity index (χ4v) is 2.82. The van der Waals surface area contributed by atoms with Crippen molar-refractivity contribution in [3.8, 4) is 17.6 Å². The lowest BCUT2D eigenvalue weighted by Crippen LogP contribution is -2.10. The third-order valence-corrected chi connectivity index (χ3v) is 4.27. The van der Waals surface area contributed by atoms with Crippen molar-refractivity contribution in [3.05, 3.63) is 40.2 Å². The second kappa shape index (κ2) is 5.25. The first-order valence-electron chi connectivity index (χ1n) is 7.34. The average Bonchev–Trinajstić information content (AvgIpc) is 2.70. The molecule has 108 valence electrons. The molecule has 1 aromatic heterocycles. The third kappa shape index (κ3) is 2.40. The SMILES string of the molecule is Cc1cc(Oc2c(C)n[nH]c2C2CCC2)cc(C)c1C#N. The predicted molar refractivity (Wildman–Crippen MR) is 80.6 cm³/mol. The van der Waals surface area contributed by atoms with E-state index in [1.165, 1.54) is 19.3 Å². The van der Waals surface area contributed by atoms with E-state index < -0.39 is 0 Å². The van der Waals surface area contributed by atoms with Crippen LogP contribution >= 0.6 is 0 Å². The third-order valence-electron chi connectivity index (χ3n) is 4.27. The number of ether oxygens (including phenoxy) is 1. The summed E-state index contributed by atoms with van der Waals surface area (Å²) in [5.41, 5.74) is 4.61. The number of H-pyrrole nitrogens is 1. The maximum atomic E-state index is 9.14. The Morgan fingerprint density at radius 1 is 1.24 bits per heavy atom. The average molecular weight is 281 g/mol. The zero-order chi connectivity index (χ0) is 15.0. The molecule has 1 aromatic carbocycles. The van der Waals surface area contributed by atoms with Gasteiger partial charge >= 0.3 is 0 Å². The Labute approximate surface area is 124 Å². The highest BCUT2D eigenvalue weighted by Crippen LogP contribution is 2.42. The number of nitrogens with zero attached hydrogens (tertiary/aromatic N) is 2. The highest BCUT2D eigenvalue weighted by molar-refractivity contribution is 5.49. The van der Waals surface area contributed by atoms with Crippen molar-refractivity contribution in [2.75, 3.05) is 0 Å². The smallest absolute Gasteiger partial charge is 0.171 e. The van der Waals surface area contributed by atoms with Crippen LogP contribution in [0.5, 0.6) is 11.5 Å². The van der Waals surface area contributed by atoms with E-state index in [0.29, 0.717) is 5.92 Å². The van der Waals surface area contributed by atoms with Gasteiger partial charge in [-0.2, -0.15) is 10.4 Å². The van der Waals surface area contributed by atoms with Gasteiger partial charge in [0.25, 0.3) is 0 Å². The molecule has 0 atom stereocenters. The summed E-state index contributed by atoms with van der Waals surface area (Å²) in [7, 11) is 0. The van der Waals surface area contributed by atoms with Gasteiger partial charge in [0.05, 0.1) is 17.3 Å². The molecular formula is C17H19N3O. The molecule has 1 N–H and O–H groups in total. The van der Waals surface area contributed by atoms with E-state index in [1.54, 1.807) is 0 Å². The van der Waals surface area contributed by atoms with Crippen LogP contribution in [0.1, 0.15) is 53.3 Å². The van der Waals surface area contributed by atoms with Crippen LogP contribution in [-0.2, 0) is 0 Å². The topological polar surface area (TPSA) is 61.7 Å². The first-order chi connectivity index (χ1) is 10.1. The Bertz CT molecular complexity index is 697. The van der Waals surface area contributed by atoms with Crippen LogP contribution in [0.4, 0.5) is 0 Å². The molecule has 3 rings (SSSR count). The molecule has 4 heteroatoms. The van der Waals surface area contributed by atoms with Gasteiger partial charge < -0.3 is 4.74 Å². The van der Waals surface area contributed by atoms with Gasteiger partial charge in [-0.05, 0) is 56.9 Å². The first-order valence-corrected chi connectivity index (χ1v) is 7.34. The van der Waals surface area contributed by atoms with Gasteiger partial charge in [-0.15, -0.1) is 0 Å². The van der Waals surface area contributed by atoms with Gasteiger partial charge in [-0.3, -0.25) is 5.10 Å². The molecule has 0 radical (unpaired) electrons. The molecule has 2 aromatic rings. The van der Waals surface area contributed by atoms with E-state index >= 15 is 0 Å². The molecule has 0 spiro atoms. The largest absolute Gasteiger partial charge is 0.453 e. The van der Waals surface area contributed by atoms with E-state index in [0.717, 1.165) is 39.6 Å². The zero-order valence-corrected chi connectivity index (χ0v) is 12.7. The predicted octanol–water partition coefficient (Wildman–Crippen LogP) is 4.27. The Balaban J connectivity index is 1.94. The molecule has 1 aliphatic rings. The molecule has 0 saturated heterocycles. The summed E-state index contributed by atoms with van der Waals surface area (Å²) in [5.74, 6) is 2.17. The Kier molecular flexibility index (Phi) is 3.42. The summed E-state index contributed by atoms with van der Waals surface area (Å²) < 4.78 is 6.10. The summed E-state index contributed by atoms with van der Waals surface area (Å²) in [6, 6.07) is 6.07. The summed E-state index contributed by atoms with van der Waals surface area (Å²) in [6.07, 6.45) is 3.67. The number of aryl methyl sites for hydroxylation is 3. The van der Waals surface area contributed by atoms with Gasteiger partial charge in [0.15, 0.2) is 5.75 Å². The standard InChI is InChI=1S/C17H19N3O/c1-10-7-14(8-11(2)15(10)9-18)21-17-12(3)19-20-16(17)13-5-4-6-13/h7-8,13H,4-6H2,1-3H3,(H,19,20). The minimum Gasteiger partial charge on any atom is -0.453 e. The van der Waals surface area contributed by atoms with E-state index in [1.807, 2.05) is 32.9 Å². The van der Waals surface area contributed by atoms with Gasteiger partial charge in [0.1, 0.15) is 11.4 Å². The molecule has 0 unspecified atom stereocenters. The number of hydrogen-bond acceptors (Lipinski definition) is 3. The number of hydrogen-bond donors (Lipinski definition) is 1. The van der Waals surface area contributed by atoms with Crippen LogP contribution in [-0.4, -0.2) is 10.2 Å². The van der Waals surface area contributed by atoms with E-state index in [4.69, 9.17) is 10.00 Å². The lowest BCUT2D eigenvalue weighted by atomic mass is 9.82. The number of benzene rings is 1. The molecule has 0 amide bonds. The monoisotopic (exact) mass is 281 g/mol. The molecule has 1 fully saturated rings. The van der Waals surface area contributed by atoms with Crippen LogP contribution in [0, 0.1) is 32.1 Å². The number of nitrogens with one attached hydrogen (secondary N) is 1. The van der Waals surface area contributed by atoms with Crippen LogP contribution in [0.2, 0.25) is 0 Å². The quantitative estimate of drug-likeness (QED) is 0.914. The second-order valence-corrected chi connectivity index (χ2v) is 5.83. The van der Waals surface area contributed by atoms with Gasteiger partial charge in [-0.1, -0.05) is 6.42 Å². The van der Waals surface area contributed by atoms with Crippen LogP contribution < -0.4 is 4.74 Å². The molecule has 4 nitrogen and oxygen atoms in total. The first kappa shape index (κ1) is 13.7. The Hall–Kier alpha value is -2.28. The van der Waals surface area contributed by atoms with Crippen molar-refractivity contribution in [2.45, 2.75) is 46.0 Å². The molecule has 1 heterocycles. The minimum absolute atomic E-state index is 0.543. The van der Waals surface area contributed by atoms with Crippen molar-refractivity contribution in [2.24, 2.45) is 0 Å². The molecule has 0 aliphatic heterocycles. The fourth-order valence-electron chi connectivity index (χ4n) is 2.82. The lowest BCUT2D eigenvalue weighted by molar-refractivity contribution is 0.390. The lowest BCUT2D eigenvalue weighted by Gasteiger charge is -2.25. The summed E-state index contributed by atoms with van der Waals surface area (Å²) in [6.45, 7) is 5.83. The van der Waals surface area contributed by atoms with Gasteiger partial charge in [0.2, 0.25) is 0 Å². The van der Waals surface area contributed by atoms with Gasteiger partial charge in [-0.25, -0.2) is 0 Å². The maximum Gasteiger partial charge on any atom is 0.171 e. The van der Waals surface area contributed by atoms with Crippen molar-refractivity contribution in [1.29, 1.82) is 5.26 Å². The Morgan fingerprint density at radius 2 is 1.90 bits per heavy atom. The molecule has 1 saturated carbocycles.